The Bertz CT molecular complexity index is 971. The van der Waals surface area contributed by atoms with Crippen LogP contribution >= 0.6 is 0 Å². The van der Waals surface area contributed by atoms with Crippen LogP contribution in [0.4, 0.5) is 0 Å². The summed E-state index contributed by atoms with van der Waals surface area (Å²) < 4.78 is 6.72. The Morgan fingerprint density at radius 1 is 1.06 bits per heavy atom. The predicted molar refractivity (Wildman–Crippen MR) is 123 cm³/mol. The van der Waals surface area contributed by atoms with E-state index in [0.29, 0.717) is 12.5 Å². The monoisotopic (exact) mass is 416 g/mol. The lowest BCUT2D eigenvalue weighted by Crippen LogP contribution is -2.52. The zero-order valence-corrected chi connectivity index (χ0v) is 18.7. The van der Waals surface area contributed by atoms with Gasteiger partial charge < -0.3 is 9.64 Å². The van der Waals surface area contributed by atoms with Crippen molar-refractivity contribution < 1.29 is 9.53 Å². The average molecular weight is 417 g/mol. The number of aliphatic imine (C=N–C) groups is 1. The van der Waals surface area contributed by atoms with Crippen LogP contribution in [-0.2, 0) is 16.1 Å². The molecule has 5 rings (SSSR count). The lowest BCUT2D eigenvalue weighted by Gasteiger charge is -2.37. The number of carbonyl (C=O) groups is 1. The summed E-state index contributed by atoms with van der Waals surface area (Å²) in [4.78, 5) is 20.9. The van der Waals surface area contributed by atoms with E-state index >= 15 is 0 Å². The number of likely N-dealkylation sites (tertiary alicyclic amines) is 1. The summed E-state index contributed by atoms with van der Waals surface area (Å²) in [6.07, 6.45) is 2.30. The number of nitrogens with zero attached hydrogens (tertiary/aromatic N) is 2. The number of ether oxygens (including phenoxy) is 1. The molecule has 1 amide bonds. The van der Waals surface area contributed by atoms with Crippen LogP contribution in [0.25, 0.3) is 0 Å². The second-order valence-corrected chi connectivity index (χ2v) is 9.86. The van der Waals surface area contributed by atoms with Gasteiger partial charge in [0.1, 0.15) is 0 Å². The summed E-state index contributed by atoms with van der Waals surface area (Å²) in [5.74, 6) is 1.20. The molecule has 0 aromatic heterocycles. The highest BCUT2D eigenvalue weighted by Crippen LogP contribution is 2.53. The van der Waals surface area contributed by atoms with Gasteiger partial charge in [0.15, 0.2) is 12.0 Å². The van der Waals surface area contributed by atoms with Crippen LogP contribution in [0.1, 0.15) is 57.1 Å². The lowest BCUT2D eigenvalue weighted by atomic mass is 9.78. The van der Waals surface area contributed by atoms with E-state index in [1.165, 1.54) is 5.56 Å². The standard InChI is InChI=1S/C27H32N2O2/c1-18(2)14-25-28-24-15-22(21-12-8-5-9-13-21)19(3)23-16-27(24,31-25)29(26(23)30)17-20-10-6-4-7-11-20/h4-13,18-19,22-23,25H,14-17H2,1-3H3/t19-,22+,23?,25-,27+/m1/s1. The van der Waals surface area contributed by atoms with Crippen LogP contribution in [0.5, 0.6) is 0 Å². The van der Waals surface area contributed by atoms with Gasteiger partial charge in [-0.1, -0.05) is 81.4 Å². The van der Waals surface area contributed by atoms with Gasteiger partial charge in [-0.05, 0) is 41.7 Å². The summed E-state index contributed by atoms with van der Waals surface area (Å²) >= 11 is 0. The van der Waals surface area contributed by atoms with Gasteiger partial charge >= 0.3 is 0 Å². The third kappa shape index (κ3) is 3.51. The number of hydrogen-bond donors (Lipinski definition) is 0. The van der Waals surface area contributed by atoms with Gasteiger partial charge in [-0.15, -0.1) is 0 Å². The van der Waals surface area contributed by atoms with Gasteiger partial charge in [-0.2, -0.15) is 0 Å². The van der Waals surface area contributed by atoms with E-state index in [9.17, 15) is 4.79 Å². The third-order valence-electron chi connectivity index (χ3n) is 7.36. The van der Waals surface area contributed by atoms with E-state index in [1.807, 2.05) is 23.1 Å². The highest BCUT2D eigenvalue weighted by atomic mass is 16.6. The first-order valence-electron chi connectivity index (χ1n) is 11.6. The molecule has 3 aliphatic rings. The topological polar surface area (TPSA) is 41.9 Å². The van der Waals surface area contributed by atoms with E-state index in [1.54, 1.807) is 0 Å². The SMILES string of the molecule is CC(C)C[C@@H]1N=C2C[C@H](c3ccccc3)[C@@H](C)C3C[C@@]2(O1)N(Cc1ccccc1)C3=O. The molecule has 0 radical (unpaired) electrons. The second-order valence-electron chi connectivity index (χ2n) is 9.86. The largest absolute Gasteiger partial charge is 0.325 e. The Balaban J connectivity index is 1.55. The molecule has 2 aromatic rings. The van der Waals surface area contributed by atoms with Crippen molar-refractivity contribution in [2.45, 2.75) is 64.4 Å². The molecule has 31 heavy (non-hydrogen) atoms. The van der Waals surface area contributed by atoms with E-state index in [-0.39, 0.29) is 29.9 Å². The van der Waals surface area contributed by atoms with Crippen molar-refractivity contribution >= 4 is 11.6 Å². The lowest BCUT2D eigenvalue weighted by molar-refractivity contribution is -0.151. The minimum Gasteiger partial charge on any atom is -0.325 e. The predicted octanol–water partition coefficient (Wildman–Crippen LogP) is 5.40. The van der Waals surface area contributed by atoms with Gasteiger partial charge in [-0.25, -0.2) is 0 Å². The van der Waals surface area contributed by atoms with Crippen molar-refractivity contribution in [3.8, 4) is 0 Å². The molecule has 162 valence electrons. The van der Waals surface area contributed by atoms with Crippen molar-refractivity contribution in [1.29, 1.82) is 0 Å². The van der Waals surface area contributed by atoms with E-state index in [0.717, 1.165) is 30.5 Å². The average Bonchev–Trinajstić information content (AvgIpc) is 3.20. The molecule has 4 nitrogen and oxygen atoms in total. The first-order chi connectivity index (χ1) is 15.0. The summed E-state index contributed by atoms with van der Waals surface area (Å²) in [6, 6.07) is 20.9. The summed E-state index contributed by atoms with van der Waals surface area (Å²) in [6.45, 7) is 7.22. The molecule has 1 spiro atoms. The Morgan fingerprint density at radius 2 is 1.74 bits per heavy atom. The zero-order chi connectivity index (χ0) is 21.6. The maximum absolute atomic E-state index is 13.8. The fourth-order valence-corrected chi connectivity index (χ4v) is 5.75. The summed E-state index contributed by atoms with van der Waals surface area (Å²) in [7, 11) is 0. The van der Waals surface area contributed by atoms with Crippen molar-refractivity contribution in [2.24, 2.45) is 22.7 Å². The number of benzene rings is 2. The fraction of sp³-hybridized carbons (Fsp3) is 0.481. The van der Waals surface area contributed by atoms with Crippen LogP contribution in [0, 0.1) is 17.8 Å². The Kier molecular flexibility index (Phi) is 5.21. The Hall–Kier alpha value is -2.46. The quantitative estimate of drug-likeness (QED) is 0.655. The minimum absolute atomic E-state index is 0.0422. The van der Waals surface area contributed by atoms with Crippen molar-refractivity contribution in [2.75, 3.05) is 0 Å². The van der Waals surface area contributed by atoms with E-state index in [2.05, 4.69) is 63.2 Å². The molecular formula is C27H32N2O2. The number of amides is 1. The van der Waals surface area contributed by atoms with Gasteiger partial charge in [0.25, 0.3) is 0 Å². The van der Waals surface area contributed by atoms with Crippen molar-refractivity contribution in [1.82, 2.24) is 4.90 Å². The second kappa shape index (κ2) is 7.90. The third-order valence-corrected chi connectivity index (χ3v) is 7.36. The van der Waals surface area contributed by atoms with Gasteiger partial charge in [0.05, 0.1) is 5.71 Å². The maximum Gasteiger partial charge on any atom is 0.229 e. The molecule has 2 fully saturated rings. The van der Waals surface area contributed by atoms with Crippen LogP contribution in [0.15, 0.2) is 65.7 Å². The van der Waals surface area contributed by atoms with Gasteiger partial charge in [0, 0.05) is 18.9 Å². The number of carbonyl (C=O) groups excluding carboxylic acids is 1. The molecule has 0 N–H and O–H groups in total. The van der Waals surface area contributed by atoms with E-state index in [4.69, 9.17) is 9.73 Å². The van der Waals surface area contributed by atoms with Crippen LogP contribution < -0.4 is 0 Å². The molecular weight excluding hydrogens is 384 g/mol. The summed E-state index contributed by atoms with van der Waals surface area (Å²) in [5.41, 5.74) is 2.83. The summed E-state index contributed by atoms with van der Waals surface area (Å²) in [5, 5.41) is 0. The molecule has 2 aliphatic heterocycles. The number of fused-ring (bicyclic) bond motifs is 1. The highest BCUT2D eigenvalue weighted by molar-refractivity contribution is 6.01. The normalized spacial score (nSPS) is 32.2. The fourth-order valence-electron chi connectivity index (χ4n) is 5.75. The van der Waals surface area contributed by atoms with Crippen molar-refractivity contribution in [3.63, 3.8) is 0 Å². The molecule has 1 unspecified atom stereocenters. The Labute approximate surface area is 185 Å². The number of rotatable bonds is 5. The van der Waals surface area contributed by atoms with Crippen LogP contribution in [0.2, 0.25) is 0 Å². The Morgan fingerprint density at radius 3 is 2.42 bits per heavy atom. The molecule has 2 bridgehead atoms. The smallest absolute Gasteiger partial charge is 0.229 e. The molecule has 1 saturated heterocycles. The molecule has 2 heterocycles. The molecule has 2 aromatic carbocycles. The molecule has 5 atom stereocenters. The van der Waals surface area contributed by atoms with Crippen molar-refractivity contribution in [3.05, 3.63) is 71.8 Å². The first kappa shape index (κ1) is 20.4. The molecule has 4 heteroatoms. The van der Waals surface area contributed by atoms with Crippen LogP contribution in [-0.4, -0.2) is 28.5 Å². The zero-order valence-electron chi connectivity index (χ0n) is 18.7. The minimum atomic E-state index is -0.686. The molecule has 1 saturated carbocycles. The van der Waals surface area contributed by atoms with E-state index < -0.39 is 5.72 Å². The molecule has 1 aliphatic carbocycles. The first-order valence-corrected chi connectivity index (χ1v) is 11.6. The van der Waals surface area contributed by atoms with Gasteiger partial charge in [-0.3, -0.25) is 9.79 Å². The van der Waals surface area contributed by atoms with Crippen LogP contribution in [0.3, 0.4) is 0 Å². The number of hydrogen-bond acceptors (Lipinski definition) is 3. The highest BCUT2D eigenvalue weighted by Gasteiger charge is 2.62. The van der Waals surface area contributed by atoms with Gasteiger partial charge in [0.2, 0.25) is 5.91 Å². The maximum atomic E-state index is 13.8.